The minimum absolute atomic E-state index is 0. The molecule has 6 nitrogen and oxygen atoms in total. The van der Waals surface area contributed by atoms with Gasteiger partial charge >= 0.3 is 0 Å². The van der Waals surface area contributed by atoms with E-state index in [-0.39, 0.29) is 24.0 Å². The van der Waals surface area contributed by atoms with Crippen LogP contribution in [0.25, 0.3) is 0 Å². The monoisotopic (exact) mass is 469 g/mol. The van der Waals surface area contributed by atoms with Crippen molar-refractivity contribution in [2.75, 3.05) is 19.0 Å². The highest BCUT2D eigenvalue weighted by molar-refractivity contribution is 14.0. The van der Waals surface area contributed by atoms with Crippen LogP contribution in [0.3, 0.4) is 0 Å². The summed E-state index contributed by atoms with van der Waals surface area (Å²) in [5.41, 5.74) is 13.2. The number of methoxy groups -OCH3 is 1. The molecule has 0 bridgehead atoms. The fourth-order valence-corrected chi connectivity index (χ4v) is 3.36. The van der Waals surface area contributed by atoms with Crippen molar-refractivity contribution in [2.24, 2.45) is 10.7 Å². The van der Waals surface area contributed by atoms with E-state index >= 15 is 0 Å². The van der Waals surface area contributed by atoms with Gasteiger partial charge in [-0.1, -0.05) is 6.07 Å². The van der Waals surface area contributed by atoms with E-state index in [1.807, 2.05) is 11.6 Å². The highest BCUT2D eigenvalue weighted by Crippen LogP contribution is 2.24. The van der Waals surface area contributed by atoms with Gasteiger partial charge in [0.05, 0.1) is 25.4 Å². The van der Waals surface area contributed by atoms with E-state index in [1.54, 1.807) is 7.11 Å². The Kier molecular flexibility index (Phi) is 7.45. The van der Waals surface area contributed by atoms with Gasteiger partial charge in [0, 0.05) is 24.1 Å². The lowest BCUT2D eigenvalue weighted by molar-refractivity contribution is 0.182. The maximum atomic E-state index is 6.08. The summed E-state index contributed by atoms with van der Waals surface area (Å²) >= 11 is 0. The standard InChI is InChI=1S/C19H27N5O.HI/c1-13-18(14(2)24(23-13)9-10-25-3)12-21-19(20)22-17-8-7-15-5-4-6-16(15)11-17;/h7-8,11H,4-6,9-10,12H2,1-3H3,(H3,20,21,22);1H. The fourth-order valence-electron chi connectivity index (χ4n) is 3.36. The Balaban J connectivity index is 0.00000243. The largest absolute Gasteiger partial charge is 0.383 e. The van der Waals surface area contributed by atoms with E-state index < -0.39 is 0 Å². The van der Waals surface area contributed by atoms with Crippen LogP contribution in [0.1, 0.15) is 34.5 Å². The van der Waals surface area contributed by atoms with Crippen molar-refractivity contribution in [3.63, 3.8) is 0 Å². The van der Waals surface area contributed by atoms with Gasteiger partial charge in [0.1, 0.15) is 0 Å². The number of hydrogen-bond acceptors (Lipinski definition) is 3. The number of aromatic nitrogens is 2. The van der Waals surface area contributed by atoms with Crippen LogP contribution in [-0.4, -0.2) is 29.5 Å². The summed E-state index contributed by atoms with van der Waals surface area (Å²) in [6.07, 6.45) is 3.58. The topological polar surface area (TPSA) is 77.5 Å². The number of nitrogens with zero attached hydrogens (tertiary/aromatic N) is 3. The maximum absolute atomic E-state index is 6.08. The molecule has 7 heteroatoms. The third-order valence-corrected chi connectivity index (χ3v) is 4.82. The summed E-state index contributed by atoms with van der Waals surface area (Å²) in [6, 6.07) is 6.45. The Hall–Kier alpha value is -1.61. The highest BCUT2D eigenvalue weighted by Gasteiger charge is 2.12. The van der Waals surface area contributed by atoms with Crippen molar-refractivity contribution in [1.29, 1.82) is 0 Å². The molecule has 0 radical (unpaired) electrons. The fraction of sp³-hybridized carbons (Fsp3) is 0.474. The first-order valence-electron chi connectivity index (χ1n) is 8.79. The van der Waals surface area contributed by atoms with Crippen molar-refractivity contribution >= 4 is 35.6 Å². The Bertz CT molecular complexity index is 784. The van der Waals surface area contributed by atoms with Gasteiger partial charge < -0.3 is 15.8 Å². The molecule has 1 aromatic heterocycles. The van der Waals surface area contributed by atoms with Crippen LogP contribution in [-0.2, 0) is 30.7 Å². The average Bonchev–Trinajstić information content (AvgIpc) is 3.15. The summed E-state index contributed by atoms with van der Waals surface area (Å²) in [7, 11) is 1.70. The predicted molar refractivity (Wildman–Crippen MR) is 116 cm³/mol. The normalized spacial score (nSPS) is 13.4. The summed E-state index contributed by atoms with van der Waals surface area (Å²) in [5.74, 6) is 0.432. The SMILES string of the molecule is COCCn1nc(C)c(CN=C(N)Nc2ccc3c(c2)CCC3)c1C.I. The molecule has 0 fully saturated rings. The molecule has 3 N–H and O–H groups in total. The van der Waals surface area contributed by atoms with Crippen molar-refractivity contribution in [3.05, 3.63) is 46.3 Å². The number of rotatable bonds is 6. The lowest BCUT2D eigenvalue weighted by Crippen LogP contribution is -2.22. The van der Waals surface area contributed by atoms with Gasteiger partial charge in [0.15, 0.2) is 5.96 Å². The lowest BCUT2D eigenvalue weighted by Gasteiger charge is -2.08. The summed E-state index contributed by atoms with van der Waals surface area (Å²) in [4.78, 5) is 4.50. The average molecular weight is 469 g/mol. The van der Waals surface area contributed by atoms with Gasteiger partial charge in [0.2, 0.25) is 0 Å². The van der Waals surface area contributed by atoms with E-state index in [0.29, 0.717) is 19.1 Å². The number of hydrogen-bond donors (Lipinski definition) is 2. The predicted octanol–water partition coefficient (Wildman–Crippen LogP) is 3.18. The molecule has 0 saturated carbocycles. The number of fused-ring (bicyclic) bond motifs is 1. The Labute approximate surface area is 172 Å². The number of nitrogens with two attached hydrogens (primary N) is 1. The van der Waals surface area contributed by atoms with Gasteiger partial charge in [-0.3, -0.25) is 4.68 Å². The van der Waals surface area contributed by atoms with Crippen LogP contribution < -0.4 is 11.1 Å². The first kappa shape index (κ1) is 20.7. The molecule has 1 heterocycles. The van der Waals surface area contributed by atoms with Crippen molar-refractivity contribution < 1.29 is 4.74 Å². The Morgan fingerprint density at radius 3 is 2.85 bits per heavy atom. The molecule has 1 aromatic carbocycles. The van der Waals surface area contributed by atoms with E-state index in [2.05, 4.69) is 40.5 Å². The third kappa shape index (κ3) is 4.76. The highest BCUT2D eigenvalue weighted by atomic mass is 127. The number of benzene rings is 1. The molecule has 0 spiro atoms. The molecule has 0 atom stereocenters. The van der Waals surface area contributed by atoms with E-state index in [0.717, 1.165) is 35.6 Å². The zero-order chi connectivity index (χ0) is 17.8. The van der Waals surface area contributed by atoms with Crippen LogP contribution in [0.4, 0.5) is 5.69 Å². The van der Waals surface area contributed by atoms with Crippen molar-refractivity contribution in [3.8, 4) is 0 Å². The minimum Gasteiger partial charge on any atom is -0.383 e. The smallest absolute Gasteiger partial charge is 0.193 e. The Morgan fingerprint density at radius 1 is 1.31 bits per heavy atom. The van der Waals surface area contributed by atoms with Gasteiger partial charge in [-0.15, -0.1) is 24.0 Å². The van der Waals surface area contributed by atoms with Crippen LogP contribution >= 0.6 is 24.0 Å². The molecule has 3 rings (SSSR count). The van der Waals surface area contributed by atoms with Crippen molar-refractivity contribution in [1.82, 2.24) is 9.78 Å². The minimum atomic E-state index is 0. The van der Waals surface area contributed by atoms with Gasteiger partial charge in [-0.05, 0) is 56.4 Å². The van der Waals surface area contributed by atoms with E-state index in [4.69, 9.17) is 10.5 Å². The molecule has 0 saturated heterocycles. The zero-order valence-electron chi connectivity index (χ0n) is 15.7. The first-order chi connectivity index (χ1) is 12.1. The third-order valence-electron chi connectivity index (χ3n) is 4.82. The van der Waals surface area contributed by atoms with Crippen LogP contribution in [0.5, 0.6) is 0 Å². The van der Waals surface area contributed by atoms with Gasteiger partial charge in [-0.25, -0.2) is 4.99 Å². The molecule has 0 amide bonds. The maximum Gasteiger partial charge on any atom is 0.193 e. The second-order valence-corrected chi connectivity index (χ2v) is 6.53. The number of guanidine groups is 1. The zero-order valence-corrected chi connectivity index (χ0v) is 18.0. The number of halogens is 1. The molecule has 1 aliphatic rings. The molecule has 26 heavy (non-hydrogen) atoms. The molecule has 1 aliphatic carbocycles. The van der Waals surface area contributed by atoms with Crippen LogP contribution in [0, 0.1) is 13.8 Å². The van der Waals surface area contributed by atoms with E-state index in [1.165, 1.54) is 24.0 Å². The second kappa shape index (κ2) is 9.36. The first-order valence-corrected chi connectivity index (χ1v) is 8.79. The molecular weight excluding hydrogens is 441 g/mol. The van der Waals surface area contributed by atoms with Crippen LogP contribution in [0.2, 0.25) is 0 Å². The summed E-state index contributed by atoms with van der Waals surface area (Å²) in [5, 5.41) is 7.76. The number of anilines is 1. The number of aliphatic imine (C=N–C) groups is 1. The summed E-state index contributed by atoms with van der Waals surface area (Å²) < 4.78 is 7.09. The van der Waals surface area contributed by atoms with Gasteiger partial charge in [0.25, 0.3) is 0 Å². The Morgan fingerprint density at radius 2 is 2.08 bits per heavy atom. The summed E-state index contributed by atoms with van der Waals surface area (Å²) in [6.45, 7) is 5.98. The molecule has 0 unspecified atom stereocenters. The number of aryl methyl sites for hydroxylation is 3. The van der Waals surface area contributed by atoms with Crippen molar-refractivity contribution in [2.45, 2.75) is 46.2 Å². The number of ether oxygens (including phenoxy) is 1. The molecule has 2 aromatic rings. The van der Waals surface area contributed by atoms with Gasteiger partial charge in [-0.2, -0.15) is 5.10 Å². The quantitative estimate of drug-likeness (QED) is 0.387. The second-order valence-electron chi connectivity index (χ2n) is 6.53. The van der Waals surface area contributed by atoms with E-state index in [9.17, 15) is 0 Å². The molecular formula is C19H28IN5O. The molecule has 142 valence electrons. The number of nitrogens with one attached hydrogen (secondary N) is 1. The van der Waals surface area contributed by atoms with Crippen LogP contribution in [0.15, 0.2) is 23.2 Å². The lowest BCUT2D eigenvalue weighted by atomic mass is 10.1. The molecule has 0 aliphatic heterocycles.